The van der Waals surface area contributed by atoms with E-state index in [9.17, 15) is 4.79 Å². The highest BCUT2D eigenvalue weighted by molar-refractivity contribution is 5.69. The van der Waals surface area contributed by atoms with Gasteiger partial charge in [-0.1, -0.05) is 85.0 Å². The molecule has 0 amide bonds. The third-order valence-corrected chi connectivity index (χ3v) is 4.85. The Kier molecular flexibility index (Phi) is 4.95. The minimum absolute atomic E-state index is 0.169. The predicted molar refractivity (Wildman–Crippen MR) is 96.7 cm³/mol. The Labute approximate surface area is 143 Å². The molecule has 0 bridgehead atoms. The fourth-order valence-electron chi connectivity index (χ4n) is 3.64. The van der Waals surface area contributed by atoms with Crippen LogP contribution in [0.25, 0.3) is 0 Å². The first-order chi connectivity index (χ1) is 11.8. The summed E-state index contributed by atoms with van der Waals surface area (Å²) < 4.78 is 4.91. The van der Waals surface area contributed by atoms with Crippen LogP contribution in [0.15, 0.2) is 85.0 Å². The lowest BCUT2D eigenvalue weighted by Crippen LogP contribution is -2.35. The van der Waals surface area contributed by atoms with Crippen molar-refractivity contribution >= 4 is 5.97 Å². The van der Waals surface area contributed by atoms with Crippen LogP contribution in [0.5, 0.6) is 0 Å². The zero-order chi connectivity index (χ0) is 16.8. The lowest BCUT2D eigenvalue weighted by molar-refractivity contribution is -0.141. The second-order valence-electron chi connectivity index (χ2n) is 6.08. The largest absolute Gasteiger partial charge is 0.469 e. The third kappa shape index (κ3) is 3.05. The highest BCUT2D eigenvalue weighted by Crippen LogP contribution is 2.45. The normalized spacial score (nSPS) is 14.0. The van der Waals surface area contributed by atoms with Gasteiger partial charge >= 0.3 is 5.97 Å². The van der Waals surface area contributed by atoms with E-state index in [-0.39, 0.29) is 17.3 Å². The van der Waals surface area contributed by atoms with Crippen LogP contribution < -0.4 is 0 Å². The molecule has 0 saturated heterocycles. The number of methoxy groups -OCH3 is 1. The van der Waals surface area contributed by atoms with Gasteiger partial charge in [-0.25, -0.2) is 0 Å². The van der Waals surface area contributed by atoms with Crippen molar-refractivity contribution in [3.63, 3.8) is 0 Å². The number of carbonyl (C=O) groups excluding carboxylic acids is 1. The Balaban J connectivity index is 2.14. The van der Waals surface area contributed by atoms with Crippen molar-refractivity contribution in [2.24, 2.45) is 5.92 Å². The maximum Gasteiger partial charge on any atom is 0.305 e. The Morgan fingerprint density at radius 1 is 0.917 bits per heavy atom. The summed E-state index contributed by atoms with van der Waals surface area (Å²) in [5.74, 6) is 0.0455. The van der Waals surface area contributed by atoms with Crippen molar-refractivity contribution in [2.75, 3.05) is 7.11 Å². The molecule has 0 aromatic heterocycles. The highest BCUT2D eigenvalue weighted by atomic mass is 16.5. The molecular formula is C22H22O2. The van der Waals surface area contributed by atoms with Gasteiger partial charge in [0.05, 0.1) is 7.11 Å². The van der Waals surface area contributed by atoms with E-state index in [2.05, 4.69) is 72.8 Å². The monoisotopic (exact) mass is 318 g/mol. The van der Waals surface area contributed by atoms with Gasteiger partial charge in [-0.05, 0) is 17.5 Å². The molecule has 0 aliphatic heterocycles. The SMILES string of the molecule is COC(=O)CCC(c1ccccc1)(c1ccccc1)C1C=CC=C1. The fourth-order valence-corrected chi connectivity index (χ4v) is 3.64. The summed E-state index contributed by atoms with van der Waals surface area (Å²) in [6.07, 6.45) is 9.70. The van der Waals surface area contributed by atoms with Crippen molar-refractivity contribution in [3.8, 4) is 0 Å². The van der Waals surface area contributed by atoms with Gasteiger partial charge in [0, 0.05) is 17.8 Å². The molecule has 0 fully saturated rings. The number of carbonyl (C=O) groups is 1. The Morgan fingerprint density at radius 3 is 1.88 bits per heavy atom. The molecule has 1 aliphatic rings. The van der Waals surface area contributed by atoms with Crippen LogP contribution in [0.2, 0.25) is 0 Å². The molecule has 1 aliphatic carbocycles. The molecule has 0 N–H and O–H groups in total. The number of esters is 1. The first-order valence-electron chi connectivity index (χ1n) is 8.30. The van der Waals surface area contributed by atoms with Gasteiger partial charge in [0.25, 0.3) is 0 Å². The summed E-state index contributed by atoms with van der Waals surface area (Å²) in [6, 6.07) is 20.9. The second kappa shape index (κ2) is 7.31. The molecule has 2 aromatic rings. The smallest absolute Gasteiger partial charge is 0.305 e. The van der Waals surface area contributed by atoms with Gasteiger partial charge in [-0.2, -0.15) is 0 Å². The van der Waals surface area contributed by atoms with Gasteiger partial charge in [-0.15, -0.1) is 0 Å². The first-order valence-corrected chi connectivity index (χ1v) is 8.30. The molecule has 0 atom stereocenters. The number of hydrogen-bond acceptors (Lipinski definition) is 2. The molecule has 0 radical (unpaired) electrons. The molecule has 3 rings (SSSR count). The first kappa shape index (κ1) is 16.3. The number of benzene rings is 2. The molecule has 24 heavy (non-hydrogen) atoms. The number of rotatable bonds is 6. The van der Waals surface area contributed by atoms with E-state index in [1.807, 2.05) is 12.1 Å². The zero-order valence-corrected chi connectivity index (χ0v) is 13.9. The maximum atomic E-state index is 11.9. The minimum Gasteiger partial charge on any atom is -0.469 e. The zero-order valence-electron chi connectivity index (χ0n) is 13.9. The number of ether oxygens (including phenoxy) is 1. The topological polar surface area (TPSA) is 26.3 Å². The Hall–Kier alpha value is -2.61. The second-order valence-corrected chi connectivity index (χ2v) is 6.08. The average molecular weight is 318 g/mol. The van der Waals surface area contributed by atoms with E-state index in [0.29, 0.717) is 12.8 Å². The van der Waals surface area contributed by atoms with Gasteiger partial charge in [-0.3, -0.25) is 4.79 Å². The quantitative estimate of drug-likeness (QED) is 0.724. The number of allylic oxidation sites excluding steroid dienone is 4. The van der Waals surface area contributed by atoms with Gasteiger partial charge in [0.2, 0.25) is 0 Å². The molecule has 0 heterocycles. The summed E-state index contributed by atoms with van der Waals surface area (Å²) >= 11 is 0. The summed E-state index contributed by atoms with van der Waals surface area (Å²) in [5, 5.41) is 0. The molecule has 0 unspecified atom stereocenters. The van der Waals surface area contributed by atoms with Gasteiger partial charge < -0.3 is 4.74 Å². The minimum atomic E-state index is -0.278. The van der Waals surface area contributed by atoms with E-state index in [0.717, 1.165) is 0 Å². The van der Waals surface area contributed by atoms with Crippen molar-refractivity contribution in [1.29, 1.82) is 0 Å². The summed E-state index contributed by atoms with van der Waals surface area (Å²) in [7, 11) is 1.45. The van der Waals surface area contributed by atoms with Crippen LogP contribution in [0, 0.1) is 5.92 Å². The van der Waals surface area contributed by atoms with E-state index in [1.54, 1.807) is 0 Å². The van der Waals surface area contributed by atoms with Crippen LogP contribution in [-0.2, 0) is 14.9 Å². The maximum absolute atomic E-state index is 11.9. The molecule has 0 spiro atoms. The molecule has 2 aromatic carbocycles. The predicted octanol–water partition coefficient (Wildman–Crippen LogP) is 4.67. The Bertz CT molecular complexity index is 678. The van der Waals surface area contributed by atoms with Crippen LogP contribution in [0.1, 0.15) is 24.0 Å². The highest BCUT2D eigenvalue weighted by Gasteiger charge is 2.40. The van der Waals surface area contributed by atoms with E-state index >= 15 is 0 Å². The molecule has 0 saturated carbocycles. The summed E-state index contributed by atoms with van der Waals surface area (Å²) in [6.45, 7) is 0. The summed E-state index contributed by atoms with van der Waals surface area (Å²) in [4.78, 5) is 11.9. The van der Waals surface area contributed by atoms with Crippen LogP contribution in [0.4, 0.5) is 0 Å². The van der Waals surface area contributed by atoms with Crippen LogP contribution in [-0.4, -0.2) is 13.1 Å². The molecule has 122 valence electrons. The number of hydrogen-bond donors (Lipinski definition) is 0. The molecular weight excluding hydrogens is 296 g/mol. The van der Waals surface area contributed by atoms with Gasteiger partial charge in [0.15, 0.2) is 0 Å². The van der Waals surface area contributed by atoms with Crippen LogP contribution >= 0.6 is 0 Å². The van der Waals surface area contributed by atoms with E-state index in [4.69, 9.17) is 4.74 Å². The van der Waals surface area contributed by atoms with Crippen molar-refractivity contribution < 1.29 is 9.53 Å². The van der Waals surface area contributed by atoms with E-state index in [1.165, 1.54) is 18.2 Å². The summed E-state index contributed by atoms with van der Waals surface area (Å²) in [5.41, 5.74) is 2.17. The fraction of sp³-hybridized carbons (Fsp3) is 0.227. The standard InChI is InChI=1S/C22H22O2/c1-24-21(23)16-17-22(20-14-8-9-15-20,18-10-4-2-5-11-18)19-12-6-3-7-13-19/h2-15,20H,16-17H2,1H3. The lowest BCUT2D eigenvalue weighted by atomic mass is 9.63. The van der Waals surface area contributed by atoms with Gasteiger partial charge in [0.1, 0.15) is 0 Å². The molecule has 2 nitrogen and oxygen atoms in total. The van der Waals surface area contributed by atoms with Crippen molar-refractivity contribution in [2.45, 2.75) is 18.3 Å². The van der Waals surface area contributed by atoms with E-state index < -0.39 is 0 Å². The van der Waals surface area contributed by atoms with Crippen molar-refractivity contribution in [1.82, 2.24) is 0 Å². The van der Waals surface area contributed by atoms with Crippen LogP contribution in [0.3, 0.4) is 0 Å². The molecule has 2 heteroatoms. The Morgan fingerprint density at radius 2 is 1.42 bits per heavy atom. The lowest BCUT2D eigenvalue weighted by Gasteiger charge is -2.39. The third-order valence-electron chi connectivity index (χ3n) is 4.85. The van der Waals surface area contributed by atoms with Crippen molar-refractivity contribution in [3.05, 3.63) is 96.1 Å². The average Bonchev–Trinajstić information content (AvgIpc) is 3.19.